The van der Waals surface area contributed by atoms with Crippen LogP contribution in [0.3, 0.4) is 0 Å². The Kier molecular flexibility index (Phi) is 10.2. The molecule has 0 saturated carbocycles. The minimum absolute atomic E-state index is 0.130. The van der Waals surface area contributed by atoms with Gasteiger partial charge in [-0.3, -0.25) is 4.79 Å². The highest BCUT2D eigenvalue weighted by atomic mass is 16.5. The number of carbonyl (C=O) groups is 1. The molecule has 1 atom stereocenters. The quantitative estimate of drug-likeness (QED) is 0.532. The van der Waals surface area contributed by atoms with Crippen LogP contribution in [0.4, 0.5) is 5.69 Å². The molecule has 26 heavy (non-hydrogen) atoms. The first kappa shape index (κ1) is 22.4. The van der Waals surface area contributed by atoms with Crippen molar-refractivity contribution in [1.82, 2.24) is 4.98 Å². The normalized spacial score (nSPS) is 13.3. The summed E-state index contributed by atoms with van der Waals surface area (Å²) in [6.07, 6.45) is 3.54. The smallest absolute Gasteiger partial charge is 0.256 e. The molecule has 1 rings (SSSR count). The van der Waals surface area contributed by atoms with Gasteiger partial charge in [-0.2, -0.15) is 0 Å². The fourth-order valence-electron chi connectivity index (χ4n) is 2.45. The molecule has 0 fully saturated rings. The summed E-state index contributed by atoms with van der Waals surface area (Å²) >= 11 is 0. The van der Waals surface area contributed by atoms with Gasteiger partial charge in [0.1, 0.15) is 12.2 Å². The third-order valence-corrected chi connectivity index (χ3v) is 4.10. The third kappa shape index (κ3) is 7.30. The number of ether oxygens (including phenoxy) is 3. The second-order valence-electron chi connectivity index (χ2n) is 6.46. The molecule has 1 N–H and O–H groups in total. The van der Waals surface area contributed by atoms with Crippen molar-refractivity contribution >= 4 is 11.6 Å². The number of carbonyl (C=O) groups excluding carboxylic acids is 1. The lowest BCUT2D eigenvalue weighted by molar-refractivity contribution is -0.140. The number of hydrogen-bond donors (Lipinski definition) is 1. The van der Waals surface area contributed by atoms with Crippen molar-refractivity contribution < 1.29 is 19.0 Å². The van der Waals surface area contributed by atoms with Crippen molar-refractivity contribution in [2.45, 2.75) is 65.9 Å². The van der Waals surface area contributed by atoms with Crippen molar-refractivity contribution in [2.75, 3.05) is 31.7 Å². The molecular formula is C20H34N2O4. The lowest BCUT2D eigenvalue weighted by atomic mass is 9.97. The molecule has 6 nitrogen and oxygen atoms in total. The Labute approximate surface area is 157 Å². The summed E-state index contributed by atoms with van der Waals surface area (Å²) in [5, 5.41) is 2.97. The lowest BCUT2D eigenvalue weighted by Gasteiger charge is -2.29. The molecule has 1 amide bonds. The van der Waals surface area contributed by atoms with Crippen molar-refractivity contribution in [2.24, 2.45) is 0 Å². The summed E-state index contributed by atoms with van der Waals surface area (Å²) < 4.78 is 16.7. The topological polar surface area (TPSA) is 69.7 Å². The molecule has 1 aromatic rings. The zero-order valence-electron chi connectivity index (χ0n) is 16.9. The highest BCUT2D eigenvalue weighted by Gasteiger charge is 2.33. The second-order valence-corrected chi connectivity index (χ2v) is 6.46. The van der Waals surface area contributed by atoms with Crippen LogP contribution in [0.2, 0.25) is 0 Å². The zero-order valence-corrected chi connectivity index (χ0v) is 16.9. The van der Waals surface area contributed by atoms with Gasteiger partial charge in [-0.15, -0.1) is 0 Å². The van der Waals surface area contributed by atoms with Gasteiger partial charge in [0.2, 0.25) is 5.88 Å². The Bertz CT molecular complexity index is 541. The Morgan fingerprint density at radius 3 is 2.54 bits per heavy atom. The third-order valence-electron chi connectivity index (χ3n) is 4.10. The van der Waals surface area contributed by atoms with E-state index in [1.165, 1.54) is 0 Å². The number of hydrogen-bond acceptors (Lipinski definition) is 5. The average molecular weight is 367 g/mol. The number of unbranched alkanes of at least 4 members (excludes halogenated alkanes) is 1. The van der Waals surface area contributed by atoms with E-state index in [1.54, 1.807) is 6.07 Å². The van der Waals surface area contributed by atoms with Crippen LogP contribution in [0.1, 0.15) is 59.1 Å². The molecule has 6 heteroatoms. The van der Waals surface area contributed by atoms with Gasteiger partial charge in [0.15, 0.2) is 0 Å². The van der Waals surface area contributed by atoms with Crippen molar-refractivity contribution in [1.29, 1.82) is 0 Å². The molecule has 0 aliphatic rings. The largest absolute Gasteiger partial charge is 0.475 e. The maximum atomic E-state index is 12.8. The van der Waals surface area contributed by atoms with Gasteiger partial charge in [-0.1, -0.05) is 26.7 Å². The number of amides is 1. The molecule has 1 unspecified atom stereocenters. The first-order valence-electron chi connectivity index (χ1n) is 9.60. The molecule has 0 aliphatic heterocycles. The van der Waals surface area contributed by atoms with E-state index >= 15 is 0 Å². The predicted octanol–water partition coefficient (Wildman–Crippen LogP) is 4.12. The number of pyridine rings is 1. The van der Waals surface area contributed by atoms with E-state index in [9.17, 15) is 4.79 Å². The average Bonchev–Trinajstić information content (AvgIpc) is 2.63. The first-order chi connectivity index (χ1) is 12.5. The van der Waals surface area contributed by atoms with Crippen LogP contribution in [0, 0.1) is 6.92 Å². The summed E-state index contributed by atoms with van der Waals surface area (Å²) in [6, 6.07) is 3.57. The number of nitrogens with zero attached hydrogens (tertiary/aromatic N) is 1. The van der Waals surface area contributed by atoms with Gasteiger partial charge in [0, 0.05) is 19.3 Å². The molecule has 148 valence electrons. The first-order valence-corrected chi connectivity index (χ1v) is 9.60. The number of aryl methyl sites for hydroxylation is 1. The van der Waals surface area contributed by atoms with E-state index in [2.05, 4.69) is 17.2 Å². The molecule has 0 aliphatic carbocycles. The summed E-state index contributed by atoms with van der Waals surface area (Å²) in [5.74, 6) is 0.394. The Morgan fingerprint density at radius 1 is 1.15 bits per heavy atom. The zero-order chi connectivity index (χ0) is 19.4. The molecule has 0 saturated heterocycles. The van der Waals surface area contributed by atoms with Crippen LogP contribution in [-0.4, -0.2) is 42.9 Å². The second kappa shape index (κ2) is 11.9. The van der Waals surface area contributed by atoms with Crippen LogP contribution in [0.15, 0.2) is 12.1 Å². The van der Waals surface area contributed by atoms with Crippen molar-refractivity contribution in [3.05, 3.63) is 17.8 Å². The fraction of sp³-hybridized carbons (Fsp3) is 0.700. The van der Waals surface area contributed by atoms with E-state index in [-0.39, 0.29) is 5.91 Å². The highest BCUT2D eigenvalue weighted by molar-refractivity contribution is 5.97. The molecular weight excluding hydrogens is 332 g/mol. The Morgan fingerprint density at radius 2 is 1.92 bits per heavy atom. The number of nitrogens with one attached hydrogen (secondary N) is 1. The van der Waals surface area contributed by atoms with Gasteiger partial charge >= 0.3 is 0 Å². The Balaban J connectivity index is 2.73. The summed E-state index contributed by atoms with van der Waals surface area (Å²) in [7, 11) is 0. The summed E-state index contributed by atoms with van der Waals surface area (Å²) in [4.78, 5) is 17.2. The Hall–Kier alpha value is -1.66. The van der Waals surface area contributed by atoms with Gasteiger partial charge < -0.3 is 19.5 Å². The van der Waals surface area contributed by atoms with E-state index in [4.69, 9.17) is 14.2 Å². The minimum atomic E-state index is -0.828. The van der Waals surface area contributed by atoms with Crippen LogP contribution >= 0.6 is 0 Å². The molecule has 0 bridgehead atoms. The van der Waals surface area contributed by atoms with Crippen molar-refractivity contribution in [3.8, 4) is 5.88 Å². The van der Waals surface area contributed by atoms with Crippen LogP contribution in [0.5, 0.6) is 5.88 Å². The van der Waals surface area contributed by atoms with Gasteiger partial charge in [-0.25, -0.2) is 4.98 Å². The molecule has 0 spiro atoms. The maximum absolute atomic E-state index is 12.8. The number of anilines is 1. The lowest BCUT2D eigenvalue weighted by Crippen LogP contribution is -2.43. The number of aromatic nitrogens is 1. The van der Waals surface area contributed by atoms with Crippen molar-refractivity contribution in [3.63, 3.8) is 0 Å². The van der Waals surface area contributed by atoms with Gasteiger partial charge in [0.05, 0.1) is 18.0 Å². The fourth-order valence-corrected chi connectivity index (χ4v) is 2.45. The van der Waals surface area contributed by atoms with Gasteiger partial charge in [-0.05, 0) is 39.7 Å². The minimum Gasteiger partial charge on any atom is -0.475 e. The van der Waals surface area contributed by atoms with Gasteiger partial charge in [0.25, 0.3) is 5.91 Å². The molecule has 0 aromatic carbocycles. The number of rotatable bonds is 13. The predicted molar refractivity (Wildman–Crippen MR) is 104 cm³/mol. The SMILES string of the molecule is CCCCC(C)(OCCC)C(=O)Nc1ccc(OCCOCC)nc1C. The maximum Gasteiger partial charge on any atom is 0.256 e. The summed E-state index contributed by atoms with van der Waals surface area (Å²) in [5.41, 5.74) is 0.557. The van der Waals surface area contributed by atoms with Crippen LogP contribution < -0.4 is 10.1 Å². The monoisotopic (exact) mass is 366 g/mol. The van der Waals surface area contributed by atoms with Crippen LogP contribution in [-0.2, 0) is 14.3 Å². The summed E-state index contributed by atoms with van der Waals surface area (Å²) in [6.45, 7) is 12.0. The molecule has 0 radical (unpaired) electrons. The standard InChI is InChI=1S/C20H34N2O4/c1-6-9-12-20(5,26-13-7-2)19(23)22-17-10-11-18(21-16(17)4)25-15-14-24-8-3/h10-11H,6-9,12-15H2,1-5H3,(H,22,23). The highest BCUT2D eigenvalue weighted by Crippen LogP contribution is 2.24. The van der Waals surface area contributed by atoms with E-state index in [1.807, 2.05) is 33.8 Å². The van der Waals surface area contributed by atoms with E-state index in [0.717, 1.165) is 19.3 Å². The molecule has 1 heterocycles. The van der Waals surface area contributed by atoms with Crippen LogP contribution in [0.25, 0.3) is 0 Å². The van der Waals surface area contributed by atoms with E-state index in [0.29, 0.717) is 50.1 Å². The van der Waals surface area contributed by atoms with E-state index < -0.39 is 5.60 Å². The molecule has 1 aromatic heterocycles.